The Morgan fingerprint density at radius 2 is 1.93 bits per heavy atom. The highest BCUT2D eigenvalue weighted by Crippen LogP contribution is 2.20. The van der Waals surface area contributed by atoms with Crippen LogP contribution in [0.15, 0.2) is 54.7 Å². The van der Waals surface area contributed by atoms with E-state index < -0.39 is 12.0 Å². The van der Waals surface area contributed by atoms with E-state index in [1.165, 1.54) is 10.8 Å². The number of halogens is 1. The molecule has 3 rings (SSSR count). The van der Waals surface area contributed by atoms with Crippen LogP contribution in [-0.2, 0) is 6.54 Å². The standard InChI is InChI=1S/C20H19ClN4O4/c1-13-11-14(21)7-8-16(13)22-20(28)24-17-12-25(18(23-17)19(26)27)9-10-29-15-5-3-2-4-6-15/h2-8,11-12H,9-10H2,1H3,(H,26,27)(H2,22,24,28). The van der Waals surface area contributed by atoms with Crippen molar-refractivity contribution in [2.45, 2.75) is 13.5 Å². The fraction of sp³-hybridized carbons (Fsp3) is 0.150. The lowest BCUT2D eigenvalue weighted by Gasteiger charge is -2.09. The minimum Gasteiger partial charge on any atom is -0.492 e. The zero-order chi connectivity index (χ0) is 20.8. The molecule has 2 aromatic carbocycles. The summed E-state index contributed by atoms with van der Waals surface area (Å²) in [5.41, 5.74) is 1.38. The summed E-state index contributed by atoms with van der Waals surface area (Å²) >= 11 is 5.91. The van der Waals surface area contributed by atoms with Gasteiger partial charge in [-0.05, 0) is 42.8 Å². The Hall–Kier alpha value is -3.52. The molecule has 0 saturated heterocycles. The van der Waals surface area contributed by atoms with Crippen molar-refractivity contribution in [3.05, 3.63) is 71.1 Å². The summed E-state index contributed by atoms with van der Waals surface area (Å²) in [6, 6.07) is 13.7. The van der Waals surface area contributed by atoms with Gasteiger partial charge < -0.3 is 19.7 Å². The summed E-state index contributed by atoms with van der Waals surface area (Å²) in [6.07, 6.45) is 1.45. The van der Waals surface area contributed by atoms with Gasteiger partial charge in [-0.3, -0.25) is 5.32 Å². The number of ether oxygens (including phenoxy) is 1. The van der Waals surface area contributed by atoms with Crippen LogP contribution in [0.25, 0.3) is 0 Å². The second kappa shape index (κ2) is 9.11. The molecule has 0 aliphatic rings. The number of para-hydroxylation sites is 1. The monoisotopic (exact) mass is 414 g/mol. The molecule has 0 aliphatic carbocycles. The van der Waals surface area contributed by atoms with Crippen LogP contribution in [0, 0.1) is 6.92 Å². The second-order valence-electron chi connectivity index (χ2n) is 6.15. The van der Waals surface area contributed by atoms with E-state index >= 15 is 0 Å². The maximum absolute atomic E-state index is 12.2. The van der Waals surface area contributed by atoms with Gasteiger partial charge in [-0.15, -0.1) is 0 Å². The minimum absolute atomic E-state index is 0.117. The molecule has 2 amide bonds. The molecular formula is C20H19ClN4O4. The summed E-state index contributed by atoms with van der Waals surface area (Å²) in [5.74, 6) is -0.599. The van der Waals surface area contributed by atoms with Gasteiger partial charge in [-0.25, -0.2) is 14.6 Å². The summed E-state index contributed by atoms with van der Waals surface area (Å²) in [4.78, 5) is 27.7. The number of carbonyl (C=O) groups is 2. The van der Waals surface area contributed by atoms with Crippen LogP contribution in [0.2, 0.25) is 5.02 Å². The number of aromatic carboxylic acids is 1. The van der Waals surface area contributed by atoms with Crippen molar-refractivity contribution in [1.29, 1.82) is 0 Å². The number of nitrogens with zero attached hydrogens (tertiary/aromatic N) is 2. The van der Waals surface area contributed by atoms with Gasteiger partial charge >= 0.3 is 12.0 Å². The quantitative estimate of drug-likeness (QED) is 0.535. The van der Waals surface area contributed by atoms with E-state index in [2.05, 4.69) is 15.6 Å². The van der Waals surface area contributed by atoms with E-state index in [4.69, 9.17) is 16.3 Å². The van der Waals surface area contributed by atoms with Gasteiger partial charge in [-0.1, -0.05) is 29.8 Å². The van der Waals surface area contributed by atoms with Gasteiger partial charge in [0.15, 0.2) is 5.82 Å². The Balaban J connectivity index is 1.64. The molecule has 8 nitrogen and oxygen atoms in total. The van der Waals surface area contributed by atoms with Crippen molar-refractivity contribution in [3.8, 4) is 5.75 Å². The number of carboxylic acid groups (broad SMARTS) is 1. The molecule has 1 heterocycles. The van der Waals surface area contributed by atoms with Crippen LogP contribution in [0.5, 0.6) is 5.75 Å². The number of aryl methyl sites for hydroxylation is 1. The van der Waals surface area contributed by atoms with E-state index in [1.54, 1.807) is 18.2 Å². The van der Waals surface area contributed by atoms with Crippen LogP contribution in [0.1, 0.15) is 16.2 Å². The zero-order valence-electron chi connectivity index (χ0n) is 15.6. The van der Waals surface area contributed by atoms with E-state index in [0.29, 0.717) is 16.5 Å². The van der Waals surface area contributed by atoms with Crippen LogP contribution in [0.3, 0.4) is 0 Å². The lowest BCUT2D eigenvalue weighted by molar-refractivity contribution is 0.0677. The van der Waals surface area contributed by atoms with Gasteiger partial charge in [0.2, 0.25) is 5.82 Å². The Morgan fingerprint density at radius 3 is 2.62 bits per heavy atom. The minimum atomic E-state index is -1.20. The molecule has 0 fully saturated rings. The molecule has 0 bridgehead atoms. The SMILES string of the molecule is Cc1cc(Cl)ccc1NC(=O)Nc1cn(CCOc2ccccc2)c(C(=O)O)n1. The number of carbonyl (C=O) groups excluding carboxylic acids is 1. The van der Waals surface area contributed by atoms with E-state index in [0.717, 1.165) is 5.56 Å². The molecule has 1 aromatic heterocycles. The zero-order valence-corrected chi connectivity index (χ0v) is 16.3. The molecule has 0 radical (unpaired) electrons. The number of amides is 2. The van der Waals surface area contributed by atoms with Crippen molar-refractivity contribution >= 4 is 35.1 Å². The molecule has 150 valence electrons. The number of rotatable bonds is 7. The summed E-state index contributed by atoms with van der Waals surface area (Å²) in [5, 5.41) is 15.1. The van der Waals surface area contributed by atoms with Crippen molar-refractivity contribution < 1.29 is 19.4 Å². The topological polar surface area (TPSA) is 105 Å². The molecule has 9 heteroatoms. The number of hydrogen-bond acceptors (Lipinski definition) is 4. The van der Waals surface area contributed by atoms with Crippen molar-refractivity contribution in [2.24, 2.45) is 0 Å². The summed E-state index contributed by atoms with van der Waals surface area (Å²) in [6.45, 7) is 2.31. The van der Waals surface area contributed by atoms with Gasteiger partial charge in [0, 0.05) is 16.9 Å². The average Bonchev–Trinajstić information content (AvgIpc) is 3.08. The Bertz CT molecular complexity index is 1020. The van der Waals surface area contributed by atoms with Crippen molar-refractivity contribution in [3.63, 3.8) is 0 Å². The highest BCUT2D eigenvalue weighted by molar-refractivity contribution is 6.30. The number of nitrogens with one attached hydrogen (secondary N) is 2. The van der Waals surface area contributed by atoms with Gasteiger partial charge in [0.05, 0.1) is 6.54 Å². The van der Waals surface area contributed by atoms with E-state index in [1.807, 2.05) is 37.3 Å². The fourth-order valence-electron chi connectivity index (χ4n) is 2.63. The normalized spacial score (nSPS) is 10.4. The van der Waals surface area contributed by atoms with Gasteiger partial charge in [0.1, 0.15) is 12.4 Å². The molecule has 3 aromatic rings. The molecular weight excluding hydrogens is 396 g/mol. The third kappa shape index (κ3) is 5.49. The first-order valence-corrected chi connectivity index (χ1v) is 9.12. The highest BCUT2D eigenvalue weighted by Gasteiger charge is 2.16. The molecule has 3 N–H and O–H groups in total. The smallest absolute Gasteiger partial charge is 0.372 e. The first kappa shape index (κ1) is 20.2. The predicted octanol–water partition coefficient (Wildman–Crippen LogP) is 4.27. The van der Waals surface area contributed by atoms with Crippen LogP contribution in [0.4, 0.5) is 16.3 Å². The molecule has 0 aliphatic heterocycles. The second-order valence-corrected chi connectivity index (χ2v) is 6.58. The predicted molar refractivity (Wildman–Crippen MR) is 110 cm³/mol. The number of aromatic nitrogens is 2. The number of hydrogen-bond donors (Lipinski definition) is 3. The van der Waals surface area contributed by atoms with E-state index in [9.17, 15) is 14.7 Å². The lowest BCUT2D eigenvalue weighted by atomic mass is 10.2. The Kier molecular flexibility index (Phi) is 6.36. The average molecular weight is 415 g/mol. The van der Waals surface area contributed by atoms with Crippen LogP contribution >= 0.6 is 11.6 Å². The van der Waals surface area contributed by atoms with Crippen molar-refractivity contribution in [2.75, 3.05) is 17.2 Å². The highest BCUT2D eigenvalue weighted by atomic mass is 35.5. The molecule has 29 heavy (non-hydrogen) atoms. The number of benzene rings is 2. The number of carboxylic acids is 1. The fourth-order valence-corrected chi connectivity index (χ4v) is 2.86. The Labute approximate surface area is 172 Å². The summed E-state index contributed by atoms with van der Waals surface area (Å²) in [7, 11) is 0. The third-order valence-corrected chi connectivity index (χ3v) is 4.23. The molecule has 0 unspecified atom stereocenters. The van der Waals surface area contributed by atoms with Gasteiger partial charge in [0.25, 0.3) is 0 Å². The molecule has 0 atom stereocenters. The first-order chi connectivity index (χ1) is 13.9. The van der Waals surface area contributed by atoms with E-state index in [-0.39, 0.29) is 24.8 Å². The van der Waals surface area contributed by atoms with Crippen LogP contribution in [-0.4, -0.2) is 33.3 Å². The maximum atomic E-state index is 12.2. The molecule has 0 saturated carbocycles. The number of anilines is 2. The van der Waals surface area contributed by atoms with Gasteiger partial charge in [-0.2, -0.15) is 0 Å². The number of imidazole rings is 1. The van der Waals surface area contributed by atoms with Crippen LogP contribution < -0.4 is 15.4 Å². The van der Waals surface area contributed by atoms with Crippen molar-refractivity contribution in [1.82, 2.24) is 9.55 Å². The summed E-state index contributed by atoms with van der Waals surface area (Å²) < 4.78 is 7.00. The number of urea groups is 1. The lowest BCUT2D eigenvalue weighted by Crippen LogP contribution is -2.20. The first-order valence-electron chi connectivity index (χ1n) is 8.75. The largest absolute Gasteiger partial charge is 0.492 e. The third-order valence-electron chi connectivity index (χ3n) is 3.99. The maximum Gasteiger partial charge on any atom is 0.372 e. The Morgan fingerprint density at radius 1 is 1.17 bits per heavy atom. The molecule has 0 spiro atoms.